The highest BCUT2D eigenvalue weighted by Crippen LogP contribution is 2.30. The molecule has 0 spiro atoms. The molecule has 0 aliphatic carbocycles. The third-order valence-electron chi connectivity index (χ3n) is 8.73. The average Bonchev–Trinajstić information content (AvgIpc) is 3.22. The summed E-state index contributed by atoms with van der Waals surface area (Å²) >= 11 is 0. The third-order valence-corrected chi connectivity index (χ3v) is 8.73. The SMILES string of the molecule is N=C(N)c1ccc(NC(=O)c2ccccc2-c2ccc(C(=O)NC(Cc3ccccc3)C(=O)OCc3ccccc3)cc2C(=O)OCc2ccccc2)cc1. The fourth-order valence-corrected chi connectivity index (χ4v) is 5.85. The Kier molecular flexibility index (Phi) is 12.2. The van der Waals surface area contributed by atoms with Gasteiger partial charge in [-0.05, 0) is 70.3 Å². The number of anilines is 1. The molecule has 10 nitrogen and oxygen atoms in total. The summed E-state index contributed by atoms with van der Waals surface area (Å²) in [5.41, 5.74) is 10.1. The highest BCUT2D eigenvalue weighted by atomic mass is 16.5. The number of rotatable bonds is 14. The Bertz CT molecular complexity index is 2300. The summed E-state index contributed by atoms with van der Waals surface area (Å²) in [4.78, 5) is 54.9. The number of hydrogen-bond donors (Lipinski definition) is 4. The average molecular weight is 731 g/mol. The summed E-state index contributed by atoms with van der Waals surface area (Å²) in [7, 11) is 0. The van der Waals surface area contributed by atoms with E-state index in [1.165, 1.54) is 12.1 Å². The molecule has 274 valence electrons. The number of nitrogen functional groups attached to an aromatic ring is 1. The number of amides is 2. The van der Waals surface area contributed by atoms with Gasteiger partial charge in [-0.3, -0.25) is 15.0 Å². The maximum atomic E-state index is 13.9. The zero-order valence-corrected chi connectivity index (χ0v) is 29.7. The molecule has 0 aliphatic heterocycles. The molecule has 0 saturated heterocycles. The van der Waals surface area contributed by atoms with Gasteiger partial charge < -0.3 is 25.8 Å². The second kappa shape index (κ2) is 17.9. The van der Waals surface area contributed by atoms with E-state index in [1.54, 1.807) is 54.6 Å². The van der Waals surface area contributed by atoms with Crippen LogP contribution in [0.15, 0.2) is 158 Å². The molecule has 6 aromatic rings. The second-order valence-electron chi connectivity index (χ2n) is 12.6. The number of benzene rings is 6. The van der Waals surface area contributed by atoms with Crippen molar-refractivity contribution in [3.05, 3.63) is 197 Å². The quantitative estimate of drug-likeness (QED) is 0.0519. The van der Waals surface area contributed by atoms with Crippen LogP contribution in [0.2, 0.25) is 0 Å². The zero-order valence-electron chi connectivity index (χ0n) is 29.7. The maximum Gasteiger partial charge on any atom is 0.339 e. The second-order valence-corrected chi connectivity index (χ2v) is 12.6. The summed E-state index contributed by atoms with van der Waals surface area (Å²) < 4.78 is 11.4. The first-order chi connectivity index (χ1) is 26.7. The van der Waals surface area contributed by atoms with Gasteiger partial charge in [0.2, 0.25) is 0 Å². The number of amidine groups is 1. The molecule has 1 unspecified atom stereocenters. The summed E-state index contributed by atoms with van der Waals surface area (Å²) in [5.74, 6) is -2.49. The van der Waals surface area contributed by atoms with E-state index in [2.05, 4.69) is 10.6 Å². The molecule has 0 heterocycles. The van der Waals surface area contributed by atoms with Crippen molar-refractivity contribution < 1.29 is 28.7 Å². The number of hydrogen-bond acceptors (Lipinski definition) is 7. The standard InChI is InChI=1S/C45H38N4O6/c46-41(47)33-20-23-35(24-21-33)48-43(51)38-19-11-10-18-36(38)37-25-22-34(27-39(37)44(52)54-28-31-14-6-2-7-15-31)42(50)49-40(26-30-12-4-1-5-13-30)45(53)55-29-32-16-8-3-9-17-32/h1-25,27,40H,26,28-29H2,(H3,46,47)(H,48,51)(H,49,50). The van der Waals surface area contributed by atoms with Gasteiger partial charge in [-0.2, -0.15) is 0 Å². The predicted molar refractivity (Wildman–Crippen MR) is 210 cm³/mol. The molecule has 0 aliphatic rings. The van der Waals surface area contributed by atoms with Crippen molar-refractivity contribution in [1.82, 2.24) is 5.32 Å². The fraction of sp³-hybridized carbons (Fsp3) is 0.0889. The van der Waals surface area contributed by atoms with Crippen LogP contribution in [0.5, 0.6) is 0 Å². The van der Waals surface area contributed by atoms with Crippen LogP contribution in [0.3, 0.4) is 0 Å². The molecular formula is C45H38N4O6. The highest BCUT2D eigenvalue weighted by molar-refractivity contribution is 6.11. The molecule has 2 amide bonds. The van der Waals surface area contributed by atoms with Crippen LogP contribution >= 0.6 is 0 Å². The van der Waals surface area contributed by atoms with Gasteiger partial charge in [0.25, 0.3) is 11.8 Å². The zero-order chi connectivity index (χ0) is 38.6. The number of carbonyl (C=O) groups excluding carboxylic acids is 4. The van der Waals surface area contributed by atoms with Crippen LogP contribution < -0.4 is 16.4 Å². The Labute approximate surface area is 318 Å². The van der Waals surface area contributed by atoms with Crippen LogP contribution in [0.1, 0.15) is 53.3 Å². The number of carbonyl (C=O) groups is 4. The minimum atomic E-state index is -1.04. The molecular weight excluding hydrogens is 693 g/mol. The van der Waals surface area contributed by atoms with Crippen molar-refractivity contribution >= 4 is 35.3 Å². The van der Waals surface area contributed by atoms with Crippen molar-refractivity contribution in [3.8, 4) is 11.1 Å². The van der Waals surface area contributed by atoms with Crippen LogP contribution in [-0.4, -0.2) is 35.6 Å². The Morgan fingerprint density at radius 2 is 1.09 bits per heavy atom. The Balaban J connectivity index is 1.30. The van der Waals surface area contributed by atoms with Crippen molar-refractivity contribution in [1.29, 1.82) is 5.41 Å². The number of nitrogens with two attached hydrogens (primary N) is 1. The maximum absolute atomic E-state index is 13.9. The summed E-state index contributed by atoms with van der Waals surface area (Å²) in [5, 5.41) is 13.3. The minimum absolute atomic E-state index is 0.0274. The van der Waals surface area contributed by atoms with Gasteiger partial charge in [0.15, 0.2) is 0 Å². The van der Waals surface area contributed by atoms with E-state index < -0.39 is 29.8 Å². The lowest BCUT2D eigenvalue weighted by molar-refractivity contribution is -0.147. The first-order valence-electron chi connectivity index (χ1n) is 17.5. The van der Waals surface area contributed by atoms with E-state index in [9.17, 15) is 19.2 Å². The van der Waals surface area contributed by atoms with Crippen molar-refractivity contribution in [2.75, 3.05) is 5.32 Å². The molecule has 55 heavy (non-hydrogen) atoms. The summed E-state index contributed by atoms with van der Waals surface area (Å²) in [6.45, 7) is 0.00395. The molecule has 0 aromatic heterocycles. The number of nitrogens with one attached hydrogen (secondary N) is 3. The first-order valence-corrected chi connectivity index (χ1v) is 17.5. The Morgan fingerprint density at radius 3 is 1.71 bits per heavy atom. The van der Waals surface area contributed by atoms with Gasteiger partial charge in [0.1, 0.15) is 25.1 Å². The van der Waals surface area contributed by atoms with Gasteiger partial charge in [0.05, 0.1) is 5.56 Å². The van der Waals surface area contributed by atoms with Crippen molar-refractivity contribution in [2.45, 2.75) is 25.7 Å². The normalized spacial score (nSPS) is 11.1. The van der Waals surface area contributed by atoms with E-state index in [0.29, 0.717) is 22.4 Å². The summed E-state index contributed by atoms with van der Waals surface area (Å²) in [6, 6.07) is 44.5. The van der Waals surface area contributed by atoms with E-state index in [4.69, 9.17) is 20.6 Å². The lowest BCUT2D eigenvalue weighted by Gasteiger charge is -2.19. The number of ether oxygens (including phenoxy) is 2. The predicted octanol–water partition coefficient (Wildman–Crippen LogP) is 7.33. The first kappa shape index (κ1) is 37.4. The molecule has 0 radical (unpaired) electrons. The lowest BCUT2D eigenvalue weighted by atomic mass is 9.93. The molecule has 1 atom stereocenters. The largest absolute Gasteiger partial charge is 0.459 e. The van der Waals surface area contributed by atoms with Crippen LogP contribution in [0, 0.1) is 5.41 Å². The third kappa shape index (κ3) is 9.97. The summed E-state index contributed by atoms with van der Waals surface area (Å²) in [6.07, 6.45) is 0.171. The van der Waals surface area contributed by atoms with Crippen molar-refractivity contribution in [2.24, 2.45) is 5.73 Å². The van der Waals surface area contributed by atoms with E-state index >= 15 is 0 Å². The lowest BCUT2D eigenvalue weighted by Crippen LogP contribution is -2.43. The van der Waals surface area contributed by atoms with Gasteiger partial charge in [0, 0.05) is 28.8 Å². The van der Waals surface area contributed by atoms with E-state index in [-0.39, 0.29) is 42.2 Å². The van der Waals surface area contributed by atoms with E-state index in [1.807, 2.05) is 91.0 Å². The highest BCUT2D eigenvalue weighted by Gasteiger charge is 2.26. The molecule has 0 saturated carbocycles. The molecule has 10 heteroatoms. The van der Waals surface area contributed by atoms with Gasteiger partial charge >= 0.3 is 11.9 Å². The topological polar surface area (TPSA) is 161 Å². The Morgan fingerprint density at radius 1 is 0.564 bits per heavy atom. The molecule has 6 aromatic carbocycles. The fourth-order valence-electron chi connectivity index (χ4n) is 5.85. The molecule has 0 bridgehead atoms. The van der Waals surface area contributed by atoms with Gasteiger partial charge in [-0.25, -0.2) is 9.59 Å². The van der Waals surface area contributed by atoms with Gasteiger partial charge in [-0.1, -0.05) is 115 Å². The van der Waals surface area contributed by atoms with Crippen LogP contribution in [-0.2, 0) is 33.9 Å². The molecule has 5 N–H and O–H groups in total. The van der Waals surface area contributed by atoms with Crippen molar-refractivity contribution in [3.63, 3.8) is 0 Å². The van der Waals surface area contributed by atoms with Gasteiger partial charge in [-0.15, -0.1) is 0 Å². The van der Waals surface area contributed by atoms with E-state index in [0.717, 1.165) is 16.7 Å². The smallest absolute Gasteiger partial charge is 0.339 e. The minimum Gasteiger partial charge on any atom is -0.459 e. The molecule has 6 rings (SSSR count). The van der Waals surface area contributed by atoms with Crippen LogP contribution in [0.25, 0.3) is 11.1 Å². The number of esters is 2. The van der Waals surface area contributed by atoms with Crippen LogP contribution in [0.4, 0.5) is 5.69 Å². The molecule has 0 fully saturated rings. The monoisotopic (exact) mass is 730 g/mol. The Hall–Kier alpha value is -7.33.